The first-order chi connectivity index (χ1) is 6.72. The van der Waals surface area contributed by atoms with Crippen LogP contribution in [0.2, 0.25) is 0 Å². The number of rotatable bonds is 5. The minimum absolute atomic E-state index is 0.189. The van der Waals surface area contributed by atoms with Gasteiger partial charge in [0, 0.05) is 5.92 Å². The molecular weight excluding hydrogens is 172 g/mol. The molecule has 1 heteroatoms. The molecule has 0 heterocycles. The van der Waals surface area contributed by atoms with Crippen molar-refractivity contribution >= 4 is 6.29 Å². The largest absolute Gasteiger partial charge is 0.303 e. The van der Waals surface area contributed by atoms with Crippen molar-refractivity contribution in [3.05, 3.63) is 35.9 Å². The van der Waals surface area contributed by atoms with E-state index in [1.165, 1.54) is 5.56 Å². The molecule has 1 aromatic carbocycles. The van der Waals surface area contributed by atoms with Gasteiger partial charge in [-0.25, -0.2) is 0 Å². The average molecular weight is 190 g/mol. The molecule has 1 rings (SSSR count). The van der Waals surface area contributed by atoms with Crippen LogP contribution in [0.1, 0.15) is 25.8 Å². The normalized spacial score (nSPS) is 14.7. The Morgan fingerprint density at radius 2 is 1.86 bits per heavy atom. The molecule has 0 aliphatic carbocycles. The second-order valence-corrected chi connectivity index (χ2v) is 4.14. The van der Waals surface area contributed by atoms with E-state index in [0.29, 0.717) is 5.92 Å². The van der Waals surface area contributed by atoms with E-state index < -0.39 is 0 Å². The second kappa shape index (κ2) is 5.58. The Hall–Kier alpha value is -1.11. The molecule has 0 N–H and O–H groups in total. The molecule has 0 aromatic heterocycles. The molecule has 0 aliphatic rings. The Balaban J connectivity index is 2.41. The molecular formula is C13H18O. The lowest BCUT2D eigenvalue weighted by Crippen LogP contribution is -2.06. The third kappa shape index (κ3) is 3.73. The summed E-state index contributed by atoms with van der Waals surface area (Å²) >= 11 is 0. The molecule has 0 spiro atoms. The predicted octanol–water partition coefficient (Wildman–Crippen LogP) is 3.09. The van der Waals surface area contributed by atoms with Crippen LogP contribution in [0, 0.1) is 11.8 Å². The van der Waals surface area contributed by atoms with Gasteiger partial charge in [-0.05, 0) is 24.3 Å². The molecule has 1 aromatic rings. The van der Waals surface area contributed by atoms with E-state index in [9.17, 15) is 4.79 Å². The Bertz CT molecular complexity index is 266. The smallest absolute Gasteiger partial charge is 0.122 e. The maximum atomic E-state index is 10.5. The van der Waals surface area contributed by atoms with E-state index in [1.807, 2.05) is 13.0 Å². The van der Waals surface area contributed by atoms with Gasteiger partial charge in [0.15, 0.2) is 0 Å². The fourth-order valence-electron chi connectivity index (χ4n) is 1.79. The Morgan fingerprint density at radius 1 is 1.21 bits per heavy atom. The SMILES string of the molecule is CC(C=O)CC(C)Cc1ccccc1. The highest BCUT2D eigenvalue weighted by Gasteiger charge is 2.08. The zero-order valence-electron chi connectivity index (χ0n) is 8.94. The number of carbonyl (C=O) groups excluding carboxylic acids is 1. The summed E-state index contributed by atoms with van der Waals surface area (Å²) in [6.45, 7) is 4.18. The van der Waals surface area contributed by atoms with Crippen molar-refractivity contribution in [2.45, 2.75) is 26.7 Å². The van der Waals surface area contributed by atoms with Crippen LogP contribution in [0.4, 0.5) is 0 Å². The second-order valence-electron chi connectivity index (χ2n) is 4.14. The first-order valence-electron chi connectivity index (χ1n) is 5.21. The lowest BCUT2D eigenvalue weighted by atomic mass is 9.92. The van der Waals surface area contributed by atoms with E-state index in [0.717, 1.165) is 19.1 Å². The molecule has 0 fully saturated rings. The quantitative estimate of drug-likeness (QED) is 0.652. The van der Waals surface area contributed by atoms with Crippen molar-refractivity contribution in [1.82, 2.24) is 0 Å². The highest BCUT2D eigenvalue weighted by atomic mass is 16.1. The first-order valence-corrected chi connectivity index (χ1v) is 5.21. The summed E-state index contributed by atoms with van der Waals surface area (Å²) in [5.74, 6) is 0.770. The van der Waals surface area contributed by atoms with Gasteiger partial charge >= 0.3 is 0 Å². The third-order valence-corrected chi connectivity index (χ3v) is 2.43. The summed E-state index contributed by atoms with van der Waals surface area (Å²) in [5, 5.41) is 0. The van der Waals surface area contributed by atoms with Gasteiger partial charge in [-0.2, -0.15) is 0 Å². The maximum Gasteiger partial charge on any atom is 0.122 e. The fraction of sp³-hybridized carbons (Fsp3) is 0.462. The van der Waals surface area contributed by atoms with Crippen molar-refractivity contribution in [3.8, 4) is 0 Å². The van der Waals surface area contributed by atoms with Crippen molar-refractivity contribution in [2.75, 3.05) is 0 Å². The van der Waals surface area contributed by atoms with Crippen LogP contribution in [-0.4, -0.2) is 6.29 Å². The number of hydrogen-bond acceptors (Lipinski definition) is 1. The maximum absolute atomic E-state index is 10.5. The number of benzene rings is 1. The van der Waals surface area contributed by atoms with Crippen LogP contribution in [0.3, 0.4) is 0 Å². The average Bonchev–Trinajstić information content (AvgIpc) is 2.19. The van der Waals surface area contributed by atoms with E-state index in [4.69, 9.17) is 0 Å². The number of carbonyl (C=O) groups is 1. The van der Waals surface area contributed by atoms with Crippen LogP contribution >= 0.6 is 0 Å². The van der Waals surface area contributed by atoms with Gasteiger partial charge in [0.25, 0.3) is 0 Å². The number of aldehydes is 1. The highest BCUT2D eigenvalue weighted by molar-refractivity contribution is 5.52. The molecule has 0 aliphatic heterocycles. The fourth-order valence-corrected chi connectivity index (χ4v) is 1.79. The monoisotopic (exact) mass is 190 g/mol. The van der Waals surface area contributed by atoms with Crippen LogP contribution < -0.4 is 0 Å². The zero-order chi connectivity index (χ0) is 10.4. The Morgan fingerprint density at radius 3 is 2.43 bits per heavy atom. The van der Waals surface area contributed by atoms with Crippen LogP contribution in [0.25, 0.3) is 0 Å². The third-order valence-electron chi connectivity index (χ3n) is 2.43. The minimum atomic E-state index is 0.189. The first kappa shape index (κ1) is 11.0. The van der Waals surface area contributed by atoms with Crippen molar-refractivity contribution < 1.29 is 4.79 Å². The summed E-state index contributed by atoms with van der Waals surface area (Å²) in [6, 6.07) is 10.4. The van der Waals surface area contributed by atoms with E-state index in [-0.39, 0.29) is 5.92 Å². The van der Waals surface area contributed by atoms with Crippen LogP contribution in [0.15, 0.2) is 30.3 Å². The van der Waals surface area contributed by atoms with Gasteiger partial charge < -0.3 is 4.79 Å². The standard InChI is InChI=1S/C13H18O/c1-11(8-12(2)10-14)9-13-6-4-3-5-7-13/h3-7,10-12H,8-9H2,1-2H3. The molecule has 76 valence electrons. The van der Waals surface area contributed by atoms with Gasteiger partial charge in [0.1, 0.15) is 6.29 Å². The van der Waals surface area contributed by atoms with Gasteiger partial charge in [-0.1, -0.05) is 44.2 Å². The minimum Gasteiger partial charge on any atom is -0.303 e. The molecule has 0 saturated carbocycles. The molecule has 0 amide bonds. The Kier molecular flexibility index (Phi) is 4.37. The molecule has 0 bridgehead atoms. The summed E-state index contributed by atoms with van der Waals surface area (Å²) < 4.78 is 0. The van der Waals surface area contributed by atoms with Crippen LogP contribution in [0.5, 0.6) is 0 Å². The van der Waals surface area contributed by atoms with Crippen LogP contribution in [-0.2, 0) is 11.2 Å². The van der Waals surface area contributed by atoms with Gasteiger partial charge in [0.2, 0.25) is 0 Å². The molecule has 2 unspecified atom stereocenters. The zero-order valence-corrected chi connectivity index (χ0v) is 8.94. The molecule has 0 saturated heterocycles. The predicted molar refractivity (Wildman–Crippen MR) is 59.2 cm³/mol. The van der Waals surface area contributed by atoms with E-state index in [2.05, 4.69) is 31.2 Å². The summed E-state index contributed by atoms with van der Waals surface area (Å²) in [6.07, 6.45) is 3.10. The lowest BCUT2D eigenvalue weighted by molar-refractivity contribution is -0.111. The summed E-state index contributed by atoms with van der Waals surface area (Å²) in [7, 11) is 0. The Labute approximate surface area is 86.1 Å². The topological polar surface area (TPSA) is 17.1 Å². The van der Waals surface area contributed by atoms with E-state index >= 15 is 0 Å². The summed E-state index contributed by atoms with van der Waals surface area (Å²) in [4.78, 5) is 10.5. The van der Waals surface area contributed by atoms with Gasteiger partial charge in [-0.3, -0.25) is 0 Å². The van der Waals surface area contributed by atoms with Crippen molar-refractivity contribution in [2.24, 2.45) is 11.8 Å². The molecule has 1 nitrogen and oxygen atoms in total. The number of hydrogen-bond donors (Lipinski definition) is 0. The van der Waals surface area contributed by atoms with Gasteiger partial charge in [0.05, 0.1) is 0 Å². The van der Waals surface area contributed by atoms with Crippen molar-refractivity contribution in [1.29, 1.82) is 0 Å². The van der Waals surface area contributed by atoms with Crippen molar-refractivity contribution in [3.63, 3.8) is 0 Å². The lowest BCUT2D eigenvalue weighted by Gasteiger charge is -2.12. The summed E-state index contributed by atoms with van der Waals surface area (Å²) in [5.41, 5.74) is 1.36. The molecule has 14 heavy (non-hydrogen) atoms. The highest BCUT2D eigenvalue weighted by Crippen LogP contribution is 2.15. The van der Waals surface area contributed by atoms with E-state index in [1.54, 1.807) is 0 Å². The molecule has 0 radical (unpaired) electrons. The molecule has 2 atom stereocenters. The van der Waals surface area contributed by atoms with Gasteiger partial charge in [-0.15, -0.1) is 0 Å².